The van der Waals surface area contributed by atoms with Crippen molar-refractivity contribution in [3.63, 3.8) is 0 Å². The van der Waals surface area contributed by atoms with E-state index in [-0.39, 0.29) is 0 Å². The molecule has 0 atom stereocenters. The van der Waals surface area contributed by atoms with Gasteiger partial charge in [0.15, 0.2) is 0 Å². The van der Waals surface area contributed by atoms with Crippen molar-refractivity contribution in [2.24, 2.45) is 0 Å². The zero-order valence-corrected chi connectivity index (χ0v) is 44.2. The van der Waals surface area contributed by atoms with Gasteiger partial charge in [-0.15, -0.1) is 11.3 Å². The molecule has 2 aromatic carbocycles. The Morgan fingerprint density at radius 2 is 0.846 bits per heavy atom. The Morgan fingerprint density at radius 1 is 0.500 bits per heavy atom. The van der Waals surface area contributed by atoms with E-state index >= 15 is 0 Å². The van der Waals surface area contributed by atoms with Crippen molar-refractivity contribution in [2.75, 3.05) is 0 Å². The van der Waals surface area contributed by atoms with Gasteiger partial charge in [-0.1, -0.05) is 63.5 Å². The van der Waals surface area contributed by atoms with Crippen LogP contribution in [0.1, 0.15) is 142 Å². The predicted molar refractivity (Wildman–Crippen MR) is 257 cm³/mol. The van der Waals surface area contributed by atoms with Gasteiger partial charge in [0, 0.05) is 9.17 Å². The average Bonchev–Trinajstić information content (AvgIpc) is 3.68. The fraction of sp³-hybridized carbons (Fsp3) is 0.652. The van der Waals surface area contributed by atoms with E-state index in [1.165, 1.54) is 58.5 Å². The van der Waals surface area contributed by atoms with Gasteiger partial charge in [0.1, 0.15) is 8.07 Å². The molecule has 2 aromatic heterocycles. The second-order valence-electron chi connectivity index (χ2n) is 18.0. The number of halogens is 1. The molecule has 0 unspecified atom stereocenters. The fourth-order valence-electron chi connectivity index (χ4n) is 10.9. The van der Waals surface area contributed by atoms with Crippen LogP contribution in [-0.4, -0.2) is 34.5 Å². The molecule has 4 rings (SSSR count). The van der Waals surface area contributed by atoms with Crippen molar-refractivity contribution in [3.05, 3.63) is 53.0 Å². The van der Waals surface area contributed by atoms with Crippen LogP contribution in [0.4, 0.5) is 0 Å². The molecular weight excluding hydrogens is 871 g/mol. The molecule has 0 aliphatic heterocycles. The number of hydrogen-bond donors (Lipinski definition) is 0. The third-order valence-corrected chi connectivity index (χ3v) is 47.3. The first kappa shape index (κ1) is 46.5. The number of unbranched alkanes of at least 4 members (excludes halogenated alkanes) is 3. The minimum absolute atomic E-state index is 0.777. The van der Waals surface area contributed by atoms with E-state index < -0.39 is 34.5 Å². The van der Waals surface area contributed by atoms with E-state index in [4.69, 9.17) is 0 Å². The number of benzene rings is 2. The molecule has 0 aliphatic rings. The third kappa shape index (κ3) is 9.77. The maximum atomic E-state index is 3.60. The molecule has 0 saturated heterocycles. The van der Waals surface area contributed by atoms with E-state index in [9.17, 15) is 0 Å². The van der Waals surface area contributed by atoms with Gasteiger partial charge in [0.2, 0.25) is 0 Å². The third-order valence-electron chi connectivity index (χ3n) is 13.2. The molecule has 0 fully saturated rings. The molecule has 0 amide bonds. The van der Waals surface area contributed by atoms with Gasteiger partial charge in [-0.2, -0.15) is 0 Å². The maximum absolute atomic E-state index is 3.60. The first-order chi connectivity index (χ1) is 24.5. The topological polar surface area (TPSA) is 0 Å². The van der Waals surface area contributed by atoms with E-state index in [2.05, 4.69) is 180 Å². The summed E-state index contributed by atoms with van der Waals surface area (Å²) < 4.78 is 14.2. The zero-order chi connectivity index (χ0) is 39.0. The molecule has 0 saturated carbocycles. The Labute approximate surface area is 344 Å². The molecule has 2 heterocycles. The molecule has 0 radical (unpaired) electrons. The van der Waals surface area contributed by atoms with Crippen LogP contribution < -0.4 is 12.6 Å². The summed E-state index contributed by atoms with van der Waals surface area (Å²) in [5.41, 5.74) is 4.68. The monoisotopic (exact) mass is 948 g/mol. The summed E-state index contributed by atoms with van der Waals surface area (Å²) in [7, 11) is -3.08. The van der Waals surface area contributed by atoms with Gasteiger partial charge in [0.25, 0.3) is 0 Å². The molecule has 0 aliphatic carbocycles. The van der Waals surface area contributed by atoms with Crippen molar-refractivity contribution >= 4 is 106 Å². The van der Waals surface area contributed by atoms with Crippen molar-refractivity contribution in [2.45, 2.75) is 189 Å². The van der Waals surface area contributed by atoms with Crippen molar-refractivity contribution in [1.29, 1.82) is 0 Å². The Morgan fingerprint density at radius 3 is 1.19 bits per heavy atom. The minimum atomic E-state index is -2.36. The summed E-state index contributed by atoms with van der Waals surface area (Å²) in [6.07, 6.45) is 8.40. The molecule has 0 nitrogen and oxygen atoms in total. The van der Waals surface area contributed by atoms with Crippen LogP contribution in [0.3, 0.4) is 0 Å². The van der Waals surface area contributed by atoms with Crippen molar-refractivity contribution in [1.82, 2.24) is 0 Å². The number of hydrogen-bond acceptors (Lipinski definition) is 2. The second-order valence-corrected chi connectivity index (χ2v) is 46.8. The quantitative estimate of drug-likeness (QED) is 0.0872. The summed E-state index contributed by atoms with van der Waals surface area (Å²) in [4.78, 5) is 0. The number of thiophene rings is 2. The van der Waals surface area contributed by atoms with Gasteiger partial charge >= 0.3 is 211 Å². The number of fused-ring (bicyclic) bond motifs is 2. The molecule has 0 N–H and O–H groups in total. The predicted octanol–water partition coefficient (Wildman–Crippen LogP) is 16.4. The van der Waals surface area contributed by atoms with E-state index in [0.29, 0.717) is 0 Å². The molecule has 0 spiro atoms. The van der Waals surface area contributed by atoms with Crippen LogP contribution in [0, 0.1) is 0 Å². The normalized spacial score (nSPS) is 13.2. The molecule has 6 heteroatoms. The first-order valence-corrected chi connectivity index (χ1v) is 35.6. The van der Waals surface area contributed by atoms with E-state index in [1.54, 1.807) is 27.0 Å². The molecule has 52 heavy (non-hydrogen) atoms. The molecule has 292 valence electrons. The fourth-order valence-corrected chi connectivity index (χ4v) is 47.9. The second kappa shape index (κ2) is 20.5. The standard InChI is InChI=1S/C17H25BrSSi.C17H25SSi.3C4H9.Sn/c1-11(2)20(12(3)4,13(5)6)17-9-14-7-8-15(18)10-16(14)19-17;1-12(2)19(13(3)4,14(5)6)17-11-15-9-7-8-10-16(15)18-17;3*1-3-4-2;/h7-13H,1-6H3;7,9-14H,1-6H3;3*1,3-4H2,2H3;. The molecule has 0 bridgehead atoms. The van der Waals surface area contributed by atoms with Crippen LogP contribution in [-0.2, 0) is 0 Å². The van der Waals surface area contributed by atoms with Crippen LogP contribution in [0.5, 0.6) is 0 Å². The van der Waals surface area contributed by atoms with Crippen molar-refractivity contribution in [3.8, 4) is 0 Å². The van der Waals surface area contributed by atoms with E-state index in [0.717, 1.165) is 33.2 Å². The SMILES string of the molecule is CC(C)[Si](c1cc2ccc(Br)cc2s1)(C(C)C)C(C)C.CCC[CH2][Sn]([CH2]CCC)([CH2]CCC)[c]1ccc2cc([Si](C(C)C)(C(C)C)C(C)C)sc2c1. The summed E-state index contributed by atoms with van der Waals surface area (Å²) in [6, 6.07) is 19.6. The summed E-state index contributed by atoms with van der Waals surface area (Å²) in [6.45, 7) is 36.8. The molecule has 4 aromatic rings. The van der Waals surface area contributed by atoms with Crippen LogP contribution in [0.15, 0.2) is 53.0 Å². The van der Waals surface area contributed by atoms with Crippen LogP contribution >= 0.6 is 38.6 Å². The summed E-state index contributed by atoms with van der Waals surface area (Å²) >= 11 is 5.45. The van der Waals surface area contributed by atoms with E-state index in [1.807, 2.05) is 14.9 Å². The van der Waals surface area contributed by atoms with Crippen molar-refractivity contribution < 1.29 is 0 Å². The summed E-state index contributed by atoms with van der Waals surface area (Å²) in [5, 5.41) is 2.93. The van der Waals surface area contributed by atoms with Gasteiger partial charge < -0.3 is 0 Å². The van der Waals surface area contributed by atoms with Crippen LogP contribution in [0.2, 0.25) is 46.6 Å². The van der Waals surface area contributed by atoms with Gasteiger partial charge in [-0.25, -0.2) is 0 Å². The Hall–Kier alpha value is 0.0725. The molecular formula is C46H77BrS2Si2Sn. The Balaban J connectivity index is 0.000000311. The van der Waals surface area contributed by atoms with Crippen LogP contribution in [0.25, 0.3) is 20.2 Å². The van der Waals surface area contributed by atoms with Gasteiger partial charge in [0.05, 0.1) is 0 Å². The Bertz CT molecular complexity index is 1600. The summed E-state index contributed by atoms with van der Waals surface area (Å²) in [5.74, 6) is 0. The van der Waals surface area contributed by atoms with Gasteiger partial charge in [-0.3, -0.25) is 0 Å². The van der Waals surface area contributed by atoms with Gasteiger partial charge in [-0.05, 0) is 44.7 Å². The zero-order valence-electron chi connectivity index (χ0n) is 36.1. The Kier molecular flexibility index (Phi) is 18.3. The number of rotatable bonds is 18. The first-order valence-electron chi connectivity index (χ1n) is 21.2. The average molecular weight is 949 g/mol.